The van der Waals surface area contributed by atoms with Gasteiger partial charge >= 0.3 is 0 Å². The molecule has 2 atom stereocenters. The van der Waals surface area contributed by atoms with Crippen LogP contribution in [0.15, 0.2) is 48.5 Å². The average molecular weight is 402 g/mol. The zero-order chi connectivity index (χ0) is 20.3. The van der Waals surface area contributed by atoms with Crippen LogP contribution in [0, 0.1) is 13.8 Å². The van der Waals surface area contributed by atoms with Gasteiger partial charge in [-0.25, -0.2) is 8.42 Å². The van der Waals surface area contributed by atoms with E-state index in [1.165, 1.54) is 0 Å². The van der Waals surface area contributed by atoms with E-state index in [1.807, 2.05) is 62.4 Å². The normalized spacial score (nSPS) is 19.2. The fourth-order valence-corrected chi connectivity index (χ4v) is 5.19. The molecule has 0 N–H and O–H groups in total. The highest BCUT2D eigenvalue weighted by atomic mass is 32.2. The first-order chi connectivity index (χ1) is 13.2. The Hall–Kier alpha value is -2.34. The van der Waals surface area contributed by atoms with Gasteiger partial charge in [-0.05, 0) is 56.0 Å². The van der Waals surface area contributed by atoms with Gasteiger partial charge in [0, 0.05) is 12.6 Å². The monoisotopic (exact) mass is 401 g/mol. The Morgan fingerprint density at radius 1 is 1.14 bits per heavy atom. The van der Waals surface area contributed by atoms with Gasteiger partial charge in [0.15, 0.2) is 15.9 Å². The lowest BCUT2D eigenvalue weighted by molar-refractivity contribution is -0.140. The number of aryl methyl sites for hydroxylation is 2. The Bertz CT molecular complexity index is 940. The molecule has 5 nitrogen and oxygen atoms in total. The summed E-state index contributed by atoms with van der Waals surface area (Å²) in [5, 5.41) is 0. The number of ether oxygens (including phenoxy) is 1. The molecule has 1 saturated heterocycles. The predicted molar refractivity (Wildman–Crippen MR) is 110 cm³/mol. The molecular formula is C22H27NO4S. The number of hydrogen-bond donors (Lipinski definition) is 0. The molecule has 6 heteroatoms. The Balaban J connectivity index is 1.79. The summed E-state index contributed by atoms with van der Waals surface area (Å²) in [5.41, 5.74) is 3.23. The van der Waals surface area contributed by atoms with E-state index in [4.69, 9.17) is 4.74 Å². The van der Waals surface area contributed by atoms with Crippen LogP contribution in [0.3, 0.4) is 0 Å². The van der Waals surface area contributed by atoms with E-state index in [0.29, 0.717) is 18.7 Å². The lowest BCUT2D eigenvalue weighted by Crippen LogP contribution is -2.46. The third-order valence-electron chi connectivity index (χ3n) is 5.27. The highest BCUT2D eigenvalue weighted by molar-refractivity contribution is 7.91. The summed E-state index contributed by atoms with van der Waals surface area (Å²) < 4.78 is 29.9. The summed E-state index contributed by atoms with van der Waals surface area (Å²) in [5.74, 6) is 0.594. The summed E-state index contributed by atoms with van der Waals surface area (Å²) in [4.78, 5) is 14.9. The van der Waals surface area contributed by atoms with Crippen molar-refractivity contribution < 1.29 is 17.9 Å². The number of hydrogen-bond acceptors (Lipinski definition) is 4. The van der Waals surface area contributed by atoms with Crippen molar-refractivity contribution in [3.8, 4) is 5.75 Å². The molecule has 3 rings (SSSR count). The van der Waals surface area contributed by atoms with E-state index in [1.54, 1.807) is 11.8 Å². The highest BCUT2D eigenvalue weighted by Gasteiger charge is 2.36. The Morgan fingerprint density at radius 3 is 2.46 bits per heavy atom. The van der Waals surface area contributed by atoms with Crippen LogP contribution in [-0.2, 0) is 21.2 Å². The molecule has 0 radical (unpaired) electrons. The van der Waals surface area contributed by atoms with E-state index in [2.05, 4.69) is 0 Å². The van der Waals surface area contributed by atoms with Crippen LogP contribution in [0.2, 0.25) is 0 Å². The fraction of sp³-hybridized carbons (Fsp3) is 0.409. The molecule has 2 aromatic carbocycles. The fourth-order valence-electron chi connectivity index (χ4n) is 3.46. The number of carbonyl (C=O) groups excluding carboxylic acids is 1. The van der Waals surface area contributed by atoms with Gasteiger partial charge in [0.25, 0.3) is 5.91 Å². The molecule has 0 saturated carbocycles. The van der Waals surface area contributed by atoms with Gasteiger partial charge in [0.05, 0.1) is 11.5 Å². The first-order valence-corrected chi connectivity index (χ1v) is 11.4. The van der Waals surface area contributed by atoms with Crippen molar-refractivity contribution in [2.24, 2.45) is 0 Å². The van der Waals surface area contributed by atoms with Crippen molar-refractivity contribution in [2.45, 2.75) is 45.9 Å². The minimum Gasteiger partial charge on any atom is -0.481 e. The largest absolute Gasteiger partial charge is 0.481 e. The molecule has 0 bridgehead atoms. The van der Waals surface area contributed by atoms with Crippen molar-refractivity contribution in [1.82, 2.24) is 4.90 Å². The molecular weight excluding hydrogens is 374 g/mol. The van der Waals surface area contributed by atoms with Gasteiger partial charge in [0.2, 0.25) is 0 Å². The van der Waals surface area contributed by atoms with Gasteiger partial charge in [0.1, 0.15) is 5.75 Å². The average Bonchev–Trinajstić information content (AvgIpc) is 3.02. The number of benzene rings is 2. The first kappa shape index (κ1) is 20.4. The second-order valence-corrected chi connectivity index (χ2v) is 9.74. The minimum atomic E-state index is -3.10. The zero-order valence-corrected chi connectivity index (χ0v) is 17.4. The SMILES string of the molecule is Cc1ccc(O[C@@H](C)C(=O)N(Cc2ccccc2)[C@H]2CCS(=O)(=O)C2)cc1C. The van der Waals surface area contributed by atoms with Crippen LogP contribution in [-0.4, -0.2) is 42.9 Å². The Labute approximate surface area is 167 Å². The van der Waals surface area contributed by atoms with Crippen LogP contribution < -0.4 is 4.74 Å². The summed E-state index contributed by atoms with van der Waals surface area (Å²) in [7, 11) is -3.10. The summed E-state index contributed by atoms with van der Waals surface area (Å²) in [6, 6.07) is 15.1. The molecule has 1 amide bonds. The van der Waals surface area contributed by atoms with Crippen LogP contribution >= 0.6 is 0 Å². The van der Waals surface area contributed by atoms with Crippen LogP contribution in [0.4, 0.5) is 0 Å². The maximum absolute atomic E-state index is 13.2. The number of amides is 1. The lowest BCUT2D eigenvalue weighted by atomic mass is 10.1. The van der Waals surface area contributed by atoms with Crippen molar-refractivity contribution >= 4 is 15.7 Å². The van der Waals surface area contributed by atoms with Gasteiger partial charge < -0.3 is 9.64 Å². The van der Waals surface area contributed by atoms with E-state index in [-0.39, 0.29) is 23.5 Å². The second kappa shape index (κ2) is 8.35. The van der Waals surface area contributed by atoms with Crippen LogP contribution in [0.1, 0.15) is 30.0 Å². The molecule has 0 aromatic heterocycles. The lowest BCUT2D eigenvalue weighted by Gasteiger charge is -2.31. The summed E-state index contributed by atoms with van der Waals surface area (Å²) in [6.07, 6.45) is -0.230. The summed E-state index contributed by atoms with van der Waals surface area (Å²) in [6.45, 7) is 6.12. The van der Waals surface area contributed by atoms with Gasteiger partial charge in [-0.2, -0.15) is 0 Å². The van der Waals surface area contributed by atoms with E-state index in [9.17, 15) is 13.2 Å². The first-order valence-electron chi connectivity index (χ1n) is 9.54. The number of sulfone groups is 1. The molecule has 1 aliphatic heterocycles. The Kier molecular flexibility index (Phi) is 6.08. The van der Waals surface area contributed by atoms with Crippen LogP contribution in [0.5, 0.6) is 5.75 Å². The van der Waals surface area contributed by atoms with Gasteiger partial charge in [-0.15, -0.1) is 0 Å². The molecule has 1 aliphatic rings. The molecule has 0 spiro atoms. The van der Waals surface area contributed by atoms with E-state index < -0.39 is 15.9 Å². The van der Waals surface area contributed by atoms with Crippen molar-refractivity contribution in [3.05, 3.63) is 65.2 Å². The molecule has 0 aliphatic carbocycles. The predicted octanol–water partition coefficient (Wildman–Crippen LogP) is 3.29. The Morgan fingerprint density at radius 2 is 1.86 bits per heavy atom. The van der Waals surface area contributed by atoms with Crippen molar-refractivity contribution in [1.29, 1.82) is 0 Å². The number of rotatable bonds is 6. The topological polar surface area (TPSA) is 63.7 Å². The molecule has 1 heterocycles. The smallest absolute Gasteiger partial charge is 0.263 e. The van der Waals surface area contributed by atoms with Crippen molar-refractivity contribution in [3.63, 3.8) is 0 Å². The second-order valence-electron chi connectivity index (χ2n) is 7.51. The molecule has 150 valence electrons. The number of nitrogens with zero attached hydrogens (tertiary/aromatic N) is 1. The molecule has 2 aromatic rings. The maximum atomic E-state index is 13.2. The third-order valence-corrected chi connectivity index (χ3v) is 7.02. The minimum absolute atomic E-state index is 0.0158. The third kappa shape index (κ3) is 4.93. The zero-order valence-electron chi connectivity index (χ0n) is 16.6. The molecule has 1 fully saturated rings. The maximum Gasteiger partial charge on any atom is 0.263 e. The van der Waals surface area contributed by atoms with E-state index >= 15 is 0 Å². The van der Waals surface area contributed by atoms with E-state index in [0.717, 1.165) is 16.7 Å². The van der Waals surface area contributed by atoms with Crippen LogP contribution in [0.25, 0.3) is 0 Å². The summed E-state index contributed by atoms with van der Waals surface area (Å²) >= 11 is 0. The molecule has 28 heavy (non-hydrogen) atoms. The highest BCUT2D eigenvalue weighted by Crippen LogP contribution is 2.23. The number of carbonyl (C=O) groups is 1. The quantitative estimate of drug-likeness (QED) is 0.745. The van der Waals surface area contributed by atoms with Gasteiger partial charge in [-0.3, -0.25) is 4.79 Å². The van der Waals surface area contributed by atoms with Gasteiger partial charge in [-0.1, -0.05) is 36.4 Å². The molecule has 0 unspecified atom stereocenters. The van der Waals surface area contributed by atoms with Crippen molar-refractivity contribution in [2.75, 3.05) is 11.5 Å². The standard InChI is InChI=1S/C22H27NO4S/c1-16-9-10-21(13-17(16)2)27-18(3)22(24)23(14-19-7-5-4-6-8-19)20-11-12-28(25,26)15-20/h4-10,13,18,20H,11-12,14-15H2,1-3H3/t18-,20-/m0/s1.